The van der Waals surface area contributed by atoms with Gasteiger partial charge in [-0.15, -0.1) is 0 Å². The van der Waals surface area contributed by atoms with Gasteiger partial charge in [0.05, 0.1) is 5.02 Å². The number of hydrogen-bond donors (Lipinski definition) is 1. The quantitative estimate of drug-likeness (QED) is 0.929. The Balaban J connectivity index is 2.40. The minimum Gasteiger partial charge on any atom is -0.329 e. The van der Waals surface area contributed by atoms with E-state index in [0.29, 0.717) is 6.54 Å². The molecule has 0 spiro atoms. The molecule has 0 bridgehead atoms. The van der Waals surface area contributed by atoms with Crippen molar-refractivity contribution in [2.75, 3.05) is 13.1 Å². The van der Waals surface area contributed by atoms with Gasteiger partial charge in [-0.1, -0.05) is 18.0 Å². The van der Waals surface area contributed by atoms with Crippen LogP contribution < -0.4 is 5.73 Å². The molecule has 0 radical (unpaired) electrons. The van der Waals surface area contributed by atoms with Crippen molar-refractivity contribution in [3.63, 3.8) is 0 Å². The zero-order chi connectivity index (χ0) is 14.0. The molecule has 1 aliphatic rings. The minimum absolute atomic E-state index is 0.0593. The maximum Gasteiger partial charge on any atom is 0.244 e. The summed E-state index contributed by atoms with van der Waals surface area (Å²) in [7, 11) is -3.72. The lowest BCUT2D eigenvalue weighted by molar-refractivity contribution is 0.257. The molecule has 0 aromatic heterocycles. The fraction of sp³-hybridized carbons (Fsp3) is 0.500. The summed E-state index contributed by atoms with van der Waals surface area (Å²) in [5, 5.41) is -0.0960. The molecule has 2 rings (SSSR count). The fourth-order valence-corrected chi connectivity index (χ4v) is 4.55. The van der Waals surface area contributed by atoms with Gasteiger partial charge in [-0.05, 0) is 31.0 Å². The van der Waals surface area contributed by atoms with Gasteiger partial charge in [0.15, 0.2) is 0 Å². The van der Waals surface area contributed by atoms with Crippen molar-refractivity contribution in [3.8, 4) is 0 Å². The van der Waals surface area contributed by atoms with Crippen LogP contribution >= 0.6 is 11.6 Å². The first-order chi connectivity index (χ1) is 8.96. The van der Waals surface area contributed by atoms with Crippen LogP contribution in [0.1, 0.15) is 19.3 Å². The number of sulfonamides is 1. The van der Waals surface area contributed by atoms with Gasteiger partial charge >= 0.3 is 0 Å². The monoisotopic (exact) mass is 306 g/mol. The first-order valence-corrected chi connectivity index (χ1v) is 7.95. The highest BCUT2D eigenvalue weighted by atomic mass is 35.5. The number of nitrogens with two attached hydrogens (primary N) is 1. The van der Waals surface area contributed by atoms with Crippen molar-refractivity contribution in [3.05, 3.63) is 29.0 Å². The molecule has 1 aromatic carbocycles. The van der Waals surface area contributed by atoms with Gasteiger partial charge in [-0.25, -0.2) is 12.8 Å². The van der Waals surface area contributed by atoms with Gasteiger partial charge < -0.3 is 5.73 Å². The van der Waals surface area contributed by atoms with Crippen LogP contribution in [-0.2, 0) is 10.0 Å². The third-order valence-electron chi connectivity index (χ3n) is 3.33. The normalized spacial score (nSPS) is 21.5. The Morgan fingerprint density at radius 1 is 1.42 bits per heavy atom. The Labute approximate surface area is 117 Å². The number of halogens is 2. The largest absolute Gasteiger partial charge is 0.329 e. The van der Waals surface area contributed by atoms with Crippen molar-refractivity contribution < 1.29 is 12.8 Å². The van der Waals surface area contributed by atoms with Gasteiger partial charge in [0.2, 0.25) is 10.0 Å². The van der Waals surface area contributed by atoms with Gasteiger partial charge in [-0.2, -0.15) is 4.31 Å². The SMILES string of the molecule is NC[C@@H]1CCCCN1S(=O)(=O)c1ccc(F)cc1Cl. The molecular weight excluding hydrogens is 291 g/mol. The van der Waals surface area contributed by atoms with E-state index >= 15 is 0 Å². The summed E-state index contributed by atoms with van der Waals surface area (Å²) in [4.78, 5) is -0.0593. The summed E-state index contributed by atoms with van der Waals surface area (Å²) in [5.74, 6) is -0.557. The average molecular weight is 307 g/mol. The summed E-state index contributed by atoms with van der Waals surface area (Å²) in [6, 6.07) is 3.10. The van der Waals surface area contributed by atoms with Crippen LogP contribution in [0.25, 0.3) is 0 Å². The fourth-order valence-electron chi connectivity index (χ4n) is 2.34. The minimum atomic E-state index is -3.72. The van der Waals surface area contributed by atoms with Crippen molar-refractivity contribution in [2.45, 2.75) is 30.2 Å². The van der Waals surface area contributed by atoms with Gasteiger partial charge in [0.1, 0.15) is 10.7 Å². The molecule has 0 unspecified atom stereocenters. The third kappa shape index (κ3) is 2.91. The van der Waals surface area contributed by atoms with Gasteiger partial charge in [0.25, 0.3) is 0 Å². The molecule has 0 aliphatic carbocycles. The standard InChI is InChI=1S/C12H16ClFN2O2S/c13-11-7-9(14)4-5-12(11)19(17,18)16-6-2-1-3-10(16)8-15/h4-5,7,10H,1-3,6,8,15H2/t10-/m0/s1. The summed E-state index contributed by atoms with van der Waals surface area (Å²) in [6.45, 7) is 0.704. The molecule has 2 N–H and O–H groups in total. The lowest BCUT2D eigenvalue weighted by Crippen LogP contribution is -2.47. The lowest BCUT2D eigenvalue weighted by Gasteiger charge is -2.34. The predicted molar refractivity (Wildman–Crippen MR) is 72.0 cm³/mol. The van der Waals surface area contributed by atoms with E-state index in [0.717, 1.165) is 31.4 Å². The first kappa shape index (κ1) is 14.7. The summed E-state index contributed by atoms with van der Waals surface area (Å²) in [5.41, 5.74) is 5.63. The van der Waals surface area contributed by atoms with Crippen LogP contribution in [-0.4, -0.2) is 31.9 Å². The smallest absolute Gasteiger partial charge is 0.244 e. The molecule has 4 nitrogen and oxygen atoms in total. The third-order valence-corrected chi connectivity index (χ3v) is 5.76. The second-order valence-electron chi connectivity index (χ2n) is 4.58. The molecule has 1 fully saturated rings. The van der Waals surface area contributed by atoms with Gasteiger partial charge in [-0.3, -0.25) is 0 Å². The highest BCUT2D eigenvalue weighted by Gasteiger charge is 2.33. The van der Waals surface area contributed by atoms with Gasteiger partial charge in [0, 0.05) is 19.1 Å². The average Bonchev–Trinajstić information content (AvgIpc) is 2.38. The Hall–Kier alpha value is -0.690. The molecule has 1 heterocycles. The van der Waals surface area contributed by atoms with E-state index in [1.54, 1.807) is 0 Å². The van der Waals surface area contributed by atoms with E-state index in [4.69, 9.17) is 17.3 Å². The maximum absolute atomic E-state index is 13.0. The molecule has 1 aliphatic heterocycles. The molecule has 1 atom stereocenters. The van der Waals surface area contributed by atoms with Crippen LogP contribution in [0, 0.1) is 5.82 Å². The van der Waals surface area contributed by atoms with Crippen LogP contribution in [0.3, 0.4) is 0 Å². The van der Waals surface area contributed by atoms with Crippen molar-refractivity contribution >= 4 is 21.6 Å². The number of piperidine rings is 1. The molecule has 106 valence electrons. The Morgan fingerprint density at radius 3 is 2.79 bits per heavy atom. The summed E-state index contributed by atoms with van der Waals surface area (Å²) in [6.07, 6.45) is 2.51. The molecule has 1 aromatic rings. The van der Waals surface area contributed by atoms with Crippen molar-refractivity contribution in [2.24, 2.45) is 5.73 Å². The van der Waals surface area contributed by atoms with E-state index in [1.807, 2.05) is 0 Å². The van der Waals surface area contributed by atoms with E-state index in [-0.39, 0.29) is 22.5 Å². The second kappa shape index (κ2) is 5.75. The van der Waals surface area contributed by atoms with Crippen molar-refractivity contribution in [1.82, 2.24) is 4.31 Å². The predicted octanol–water partition coefficient (Wildman–Crippen LogP) is 1.98. The van der Waals surface area contributed by atoms with Crippen LogP contribution in [0.15, 0.2) is 23.1 Å². The molecular formula is C12H16ClFN2O2S. The Morgan fingerprint density at radius 2 is 2.16 bits per heavy atom. The molecule has 0 amide bonds. The van der Waals surface area contributed by atoms with Crippen LogP contribution in [0.2, 0.25) is 5.02 Å². The number of rotatable bonds is 3. The topological polar surface area (TPSA) is 63.4 Å². The highest BCUT2D eigenvalue weighted by Crippen LogP contribution is 2.29. The van der Waals surface area contributed by atoms with Crippen LogP contribution in [0.4, 0.5) is 4.39 Å². The van der Waals surface area contributed by atoms with Crippen molar-refractivity contribution in [1.29, 1.82) is 0 Å². The summed E-state index contributed by atoms with van der Waals surface area (Å²) < 4.78 is 39.5. The zero-order valence-corrected chi connectivity index (χ0v) is 11.9. The first-order valence-electron chi connectivity index (χ1n) is 6.14. The van der Waals surface area contributed by atoms with E-state index in [9.17, 15) is 12.8 Å². The Bertz CT molecular complexity index is 565. The number of benzene rings is 1. The number of hydrogen-bond acceptors (Lipinski definition) is 3. The lowest BCUT2D eigenvalue weighted by atomic mass is 10.1. The Kier molecular flexibility index (Phi) is 4.45. The second-order valence-corrected chi connectivity index (χ2v) is 6.84. The van der Waals surface area contributed by atoms with E-state index < -0.39 is 15.8 Å². The van der Waals surface area contributed by atoms with E-state index in [1.165, 1.54) is 10.4 Å². The highest BCUT2D eigenvalue weighted by molar-refractivity contribution is 7.89. The van der Waals surface area contributed by atoms with Crippen LogP contribution in [0.5, 0.6) is 0 Å². The molecule has 1 saturated heterocycles. The summed E-state index contributed by atoms with van der Waals surface area (Å²) >= 11 is 5.85. The van der Waals surface area contributed by atoms with E-state index in [2.05, 4.69) is 0 Å². The molecule has 0 saturated carbocycles. The molecule has 7 heteroatoms. The zero-order valence-electron chi connectivity index (χ0n) is 10.4. The number of nitrogens with zero attached hydrogens (tertiary/aromatic N) is 1. The maximum atomic E-state index is 13.0. The molecule has 19 heavy (non-hydrogen) atoms.